The van der Waals surface area contributed by atoms with E-state index >= 15 is 0 Å². The van der Waals surface area contributed by atoms with Crippen molar-refractivity contribution < 1.29 is 9.90 Å². The average molecular weight is 309 g/mol. The number of imidazole rings is 1. The molecule has 3 aromatic rings. The van der Waals surface area contributed by atoms with Crippen LogP contribution in [0.4, 0.5) is 0 Å². The van der Waals surface area contributed by atoms with Gasteiger partial charge in [0, 0.05) is 19.0 Å². The molecule has 0 spiro atoms. The minimum absolute atomic E-state index is 0.0623. The van der Waals surface area contributed by atoms with Crippen LogP contribution in [-0.4, -0.2) is 20.6 Å². The number of aryl methyl sites for hydroxylation is 1. The number of carboxylic acids is 1. The molecule has 0 saturated heterocycles. The lowest BCUT2D eigenvalue weighted by Gasteiger charge is -2.22. The maximum atomic E-state index is 11.4. The van der Waals surface area contributed by atoms with Crippen LogP contribution in [0.2, 0.25) is 0 Å². The van der Waals surface area contributed by atoms with Crippen LogP contribution in [0.5, 0.6) is 0 Å². The molecule has 0 aliphatic rings. The predicted molar refractivity (Wildman–Crippen MR) is 89.1 cm³/mol. The third-order valence-corrected chi connectivity index (χ3v) is 4.17. The van der Waals surface area contributed by atoms with Crippen molar-refractivity contribution in [3.05, 3.63) is 66.0 Å². The van der Waals surface area contributed by atoms with Gasteiger partial charge in [0.15, 0.2) is 0 Å². The van der Waals surface area contributed by atoms with Crippen LogP contribution < -0.4 is 5.73 Å². The number of aliphatic carboxylic acids is 1. The van der Waals surface area contributed by atoms with E-state index in [-0.39, 0.29) is 6.42 Å². The monoisotopic (exact) mass is 309 g/mol. The normalized spacial score (nSPS) is 13.8. The van der Waals surface area contributed by atoms with Crippen molar-refractivity contribution in [2.75, 3.05) is 0 Å². The average Bonchev–Trinajstić information content (AvgIpc) is 2.90. The van der Waals surface area contributed by atoms with E-state index in [4.69, 9.17) is 5.73 Å². The summed E-state index contributed by atoms with van der Waals surface area (Å²) >= 11 is 0. The van der Waals surface area contributed by atoms with E-state index in [0.717, 1.165) is 16.6 Å². The number of aromatic nitrogens is 2. The molecule has 0 aliphatic heterocycles. The van der Waals surface area contributed by atoms with Gasteiger partial charge in [-0.25, -0.2) is 4.98 Å². The summed E-state index contributed by atoms with van der Waals surface area (Å²) in [6.07, 6.45) is -0.0623. The first-order valence-electron chi connectivity index (χ1n) is 7.51. The predicted octanol–water partition coefficient (Wildman–Crippen LogP) is 2.83. The summed E-state index contributed by atoms with van der Waals surface area (Å²) in [5.41, 5.74) is 9.12. The molecule has 3 rings (SSSR count). The largest absolute Gasteiger partial charge is 0.481 e. The lowest BCUT2D eigenvalue weighted by Crippen LogP contribution is -2.24. The van der Waals surface area contributed by atoms with Gasteiger partial charge >= 0.3 is 5.97 Å². The maximum absolute atomic E-state index is 11.4. The molecule has 1 aromatic heterocycles. The van der Waals surface area contributed by atoms with Crippen molar-refractivity contribution in [3.63, 3.8) is 0 Å². The van der Waals surface area contributed by atoms with E-state index in [9.17, 15) is 9.90 Å². The van der Waals surface area contributed by atoms with Crippen molar-refractivity contribution >= 4 is 17.0 Å². The molecule has 118 valence electrons. The fourth-order valence-corrected chi connectivity index (χ4v) is 2.97. The molecule has 0 fully saturated rings. The summed E-state index contributed by atoms with van der Waals surface area (Å²) in [5.74, 6) is -0.578. The Morgan fingerprint density at radius 1 is 1.17 bits per heavy atom. The van der Waals surface area contributed by atoms with Gasteiger partial charge in [-0.15, -0.1) is 0 Å². The Hall–Kier alpha value is -2.66. The Morgan fingerprint density at radius 3 is 2.48 bits per heavy atom. The molecule has 0 saturated carbocycles. The molecular weight excluding hydrogens is 290 g/mol. The zero-order valence-corrected chi connectivity index (χ0v) is 12.9. The second kappa shape index (κ2) is 6.22. The molecule has 0 amide bonds. The topological polar surface area (TPSA) is 81.1 Å². The van der Waals surface area contributed by atoms with Gasteiger partial charge in [0.1, 0.15) is 5.82 Å². The van der Waals surface area contributed by atoms with Crippen LogP contribution in [0.3, 0.4) is 0 Å². The fourth-order valence-electron chi connectivity index (χ4n) is 2.97. The highest BCUT2D eigenvalue weighted by Crippen LogP contribution is 2.33. The van der Waals surface area contributed by atoms with Crippen LogP contribution in [0.1, 0.15) is 29.8 Å². The standard InChI is InChI=1S/C18H19N3O2/c1-21-15-10-6-5-9-14(15)20-18(21)13(11-16(22)23)17(19)12-7-3-2-4-8-12/h2-10,13,17H,11,19H2,1H3,(H,22,23). The molecule has 1 heterocycles. The van der Waals surface area contributed by atoms with Crippen LogP contribution >= 0.6 is 0 Å². The number of carbonyl (C=O) groups is 1. The number of hydrogen-bond donors (Lipinski definition) is 2. The van der Waals surface area contributed by atoms with Gasteiger partial charge < -0.3 is 15.4 Å². The van der Waals surface area contributed by atoms with Crippen molar-refractivity contribution in [1.82, 2.24) is 9.55 Å². The first kappa shape index (κ1) is 15.2. The lowest BCUT2D eigenvalue weighted by atomic mass is 9.90. The Bertz CT molecular complexity index is 827. The quantitative estimate of drug-likeness (QED) is 0.759. The van der Waals surface area contributed by atoms with Crippen LogP contribution in [-0.2, 0) is 11.8 Å². The van der Waals surface area contributed by atoms with Crippen molar-refractivity contribution in [3.8, 4) is 0 Å². The Kier molecular flexibility index (Phi) is 4.12. The summed E-state index contributed by atoms with van der Waals surface area (Å²) in [4.78, 5) is 16.0. The summed E-state index contributed by atoms with van der Waals surface area (Å²) in [7, 11) is 1.90. The second-order valence-electron chi connectivity index (χ2n) is 5.66. The van der Waals surface area contributed by atoms with Crippen molar-refractivity contribution in [2.45, 2.75) is 18.4 Å². The summed E-state index contributed by atoms with van der Waals surface area (Å²) in [6, 6.07) is 16.9. The van der Waals surface area contributed by atoms with Crippen LogP contribution in [0, 0.1) is 0 Å². The van der Waals surface area contributed by atoms with Gasteiger partial charge in [-0.05, 0) is 17.7 Å². The van der Waals surface area contributed by atoms with E-state index < -0.39 is 17.9 Å². The molecule has 0 bridgehead atoms. The first-order valence-corrected chi connectivity index (χ1v) is 7.51. The zero-order chi connectivity index (χ0) is 16.4. The number of nitrogens with zero attached hydrogens (tertiary/aromatic N) is 2. The van der Waals surface area contributed by atoms with E-state index in [2.05, 4.69) is 4.98 Å². The SMILES string of the molecule is Cn1c(C(CC(=O)O)C(N)c2ccccc2)nc2ccccc21. The number of hydrogen-bond acceptors (Lipinski definition) is 3. The van der Waals surface area contributed by atoms with Gasteiger partial charge in [-0.1, -0.05) is 42.5 Å². The number of fused-ring (bicyclic) bond motifs is 1. The number of para-hydroxylation sites is 2. The van der Waals surface area contributed by atoms with E-state index in [0.29, 0.717) is 5.82 Å². The smallest absolute Gasteiger partial charge is 0.304 e. The molecule has 23 heavy (non-hydrogen) atoms. The Morgan fingerprint density at radius 2 is 1.83 bits per heavy atom. The molecule has 3 N–H and O–H groups in total. The number of benzene rings is 2. The highest BCUT2D eigenvalue weighted by atomic mass is 16.4. The van der Waals surface area contributed by atoms with Crippen molar-refractivity contribution in [2.24, 2.45) is 12.8 Å². The summed E-state index contributed by atoms with van der Waals surface area (Å²) in [6.45, 7) is 0. The highest BCUT2D eigenvalue weighted by molar-refractivity contribution is 5.76. The number of carboxylic acid groups (broad SMARTS) is 1. The van der Waals surface area contributed by atoms with Crippen LogP contribution in [0.15, 0.2) is 54.6 Å². The molecule has 2 unspecified atom stereocenters. The van der Waals surface area contributed by atoms with Gasteiger partial charge in [-0.3, -0.25) is 4.79 Å². The van der Waals surface area contributed by atoms with Crippen LogP contribution in [0.25, 0.3) is 11.0 Å². The molecule has 2 aromatic carbocycles. The Balaban J connectivity index is 2.07. The minimum atomic E-state index is -0.881. The third-order valence-electron chi connectivity index (χ3n) is 4.17. The van der Waals surface area contributed by atoms with Gasteiger partial charge in [0.25, 0.3) is 0 Å². The minimum Gasteiger partial charge on any atom is -0.481 e. The molecule has 0 radical (unpaired) electrons. The zero-order valence-electron chi connectivity index (χ0n) is 12.9. The summed E-state index contributed by atoms with van der Waals surface area (Å²) < 4.78 is 1.94. The van der Waals surface area contributed by atoms with Gasteiger partial charge in [-0.2, -0.15) is 0 Å². The highest BCUT2D eigenvalue weighted by Gasteiger charge is 2.28. The summed E-state index contributed by atoms with van der Waals surface area (Å²) in [5, 5.41) is 9.31. The molecule has 5 heteroatoms. The lowest BCUT2D eigenvalue weighted by molar-refractivity contribution is -0.137. The molecule has 0 aliphatic carbocycles. The van der Waals surface area contributed by atoms with Gasteiger partial charge in [0.05, 0.1) is 17.5 Å². The van der Waals surface area contributed by atoms with Gasteiger partial charge in [0.2, 0.25) is 0 Å². The maximum Gasteiger partial charge on any atom is 0.304 e. The first-order chi connectivity index (χ1) is 11.1. The Labute approximate surface area is 134 Å². The van der Waals surface area contributed by atoms with E-state index in [1.54, 1.807) is 0 Å². The van der Waals surface area contributed by atoms with E-state index in [1.165, 1.54) is 0 Å². The second-order valence-corrected chi connectivity index (χ2v) is 5.66. The third kappa shape index (κ3) is 2.96. The molecule has 5 nitrogen and oxygen atoms in total. The molecular formula is C18H19N3O2. The number of nitrogens with two attached hydrogens (primary N) is 1. The fraction of sp³-hybridized carbons (Fsp3) is 0.222. The number of rotatable bonds is 5. The van der Waals surface area contributed by atoms with E-state index in [1.807, 2.05) is 66.2 Å². The molecule has 2 atom stereocenters. The van der Waals surface area contributed by atoms with Crippen molar-refractivity contribution in [1.29, 1.82) is 0 Å².